The summed E-state index contributed by atoms with van der Waals surface area (Å²) in [5.74, 6) is -0.286. The lowest BCUT2D eigenvalue weighted by molar-refractivity contribution is -0.0208. The summed E-state index contributed by atoms with van der Waals surface area (Å²) in [6.45, 7) is 0.0600. The number of aliphatic hydroxyl groups excluding tert-OH is 1. The van der Waals surface area contributed by atoms with Gasteiger partial charge in [-0.2, -0.15) is 0 Å². The Morgan fingerprint density at radius 3 is 2.76 bits per heavy atom. The van der Waals surface area contributed by atoms with Crippen molar-refractivity contribution in [1.82, 2.24) is 4.90 Å². The molecule has 0 aromatic heterocycles. The number of fused-ring (bicyclic) bond motifs is 1. The molecule has 1 aliphatic heterocycles. The minimum Gasteiger partial charge on any atom is -0.385 e. The van der Waals surface area contributed by atoms with Crippen molar-refractivity contribution in [2.75, 3.05) is 13.1 Å². The molecule has 5 heteroatoms. The maximum absolute atomic E-state index is 12.2. The van der Waals surface area contributed by atoms with E-state index in [0.717, 1.165) is 5.56 Å². The molecule has 2 rings (SSSR count). The van der Waals surface area contributed by atoms with Crippen molar-refractivity contribution in [3.8, 4) is 0 Å². The highest BCUT2D eigenvalue weighted by molar-refractivity contribution is 5.96. The smallest absolute Gasteiger partial charge is 0.265 e. The van der Waals surface area contributed by atoms with Crippen LogP contribution in [0.2, 0.25) is 0 Å². The third-order valence-electron chi connectivity index (χ3n) is 2.88. The molecule has 1 amide bonds. The number of rotatable bonds is 3. The maximum Gasteiger partial charge on any atom is 0.265 e. The Morgan fingerprint density at radius 1 is 1.35 bits per heavy atom. The molecule has 0 saturated carbocycles. The van der Waals surface area contributed by atoms with E-state index >= 15 is 0 Å². The SMILES string of the molecule is O=C1c2ccccc2CCN1CC(O)C(F)F. The molecule has 1 N–H and O–H groups in total. The predicted octanol–water partition coefficient (Wildman–Crippen LogP) is 1.31. The van der Waals surface area contributed by atoms with Crippen molar-refractivity contribution in [1.29, 1.82) is 0 Å². The number of benzene rings is 1. The van der Waals surface area contributed by atoms with Crippen LogP contribution in [0.3, 0.4) is 0 Å². The first kappa shape index (κ1) is 12.0. The Labute approximate surface area is 97.7 Å². The average molecular weight is 241 g/mol. The first-order chi connectivity index (χ1) is 8.09. The largest absolute Gasteiger partial charge is 0.385 e. The molecule has 3 nitrogen and oxygen atoms in total. The molecule has 0 spiro atoms. The second-order valence-corrected chi connectivity index (χ2v) is 4.06. The first-order valence-corrected chi connectivity index (χ1v) is 5.43. The number of amides is 1. The number of hydrogen-bond acceptors (Lipinski definition) is 2. The van der Waals surface area contributed by atoms with Gasteiger partial charge in [0.1, 0.15) is 6.10 Å². The van der Waals surface area contributed by atoms with Crippen LogP contribution in [0.15, 0.2) is 24.3 Å². The van der Waals surface area contributed by atoms with Gasteiger partial charge in [0.05, 0.1) is 6.54 Å². The number of halogens is 2. The van der Waals surface area contributed by atoms with Gasteiger partial charge in [-0.25, -0.2) is 8.78 Å². The fourth-order valence-electron chi connectivity index (χ4n) is 1.95. The lowest BCUT2D eigenvalue weighted by Crippen LogP contribution is -2.43. The molecule has 1 heterocycles. The van der Waals surface area contributed by atoms with Crippen molar-refractivity contribution in [2.45, 2.75) is 19.0 Å². The van der Waals surface area contributed by atoms with Crippen molar-refractivity contribution < 1.29 is 18.7 Å². The van der Waals surface area contributed by atoms with E-state index in [1.165, 1.54) is 4.90 Å². The Morgan fingerprint density at radius 2 is 2.06 bits per heavy atom. The van der Waals surface area contributed by atoms with E-state index in [9.17, 15) is 13.6 Å². The minimum atomic E-state index is -2.82. The van der Waals surface area contributed by atoms with Crippen LogP contribution in [0.1, 0.15) is 15.9 Å². The van der Waals surface area contributed by atoms with E-state index in [1.54, 1.807) is 12.1 Å². The van der Waals surface area contributed by atoms with Crippen LogP contribution in [0, 0.1) is 0 Å². The molecule has 0 aliphatic carbocycles. The number of nitrogens with zero attached hydrogens (tertiary/aromatic N) is 1. The average Bonchev–Trinajstić information content (AvgIpc) is 2.33. The van der Waals surface area contributed by atoms with Crippen LogP contribution in [-0.4, -0.2) is 41.5 Å². The number of carbonyl (C=O) groups is 1. The molecule has 92 valence electrons. The number of aliphatic hydroxyl groups is 1. The number of β-amino-alcohol motifs (C(OH)–C–C–N with tert-alkyl or cyclic N) is 1. The number of carbonyl (C=O) groups excluding carboxylic acids is 1. The quantitative estimate of drug-likeness (QED) is 0.866. The third-order valence-corrected chi connectivity index (χ3v) is 2.88. The Kier molecular flexibility index (Phi) is 3.38. The third kappa shape index (κ3) is 2.44. The molecule has 0 radical (unpaired) electrons. The fourth-order valence-corrected chi connectivity index (χ4v) is 1.95. The molecule has 0 fully saturated rings. The minimum absolute atomic E-state index is 0.286. The summed E-state index contributed by atoms with van der Waals surface area (Å²) in [7, 11) is 0. The lowest BCUT2D eigenvalue weighted by atomic mass is 9.99. The molecule has 1 unspecified atom stereocenters. The van der Waals surface area contributed by atoms with Crippen LogP contribution < -0.4 is 0 Å². The molecule has 1 aromatic carbocycles. The molecular formula is C12H13F2NO2. The van der Waals surface area contributed by atoms with Gasteiger partial charge >= 0.3 is 0 Å². The zero-order valence-corrected chi connectivity index (χ0v) is 9.14. The highest BCUT2D eigenvalue weighted by Crippen LogP contribution is 2.19. The van der Waals surface area contributed by atoms with Crippen LogP contribution >= 0.6 is 0 Å². The summed E-state index contributed by atoms with van der Waals surface area (Å²) in [4.78, 5) is 13.2. The summed E-state index contributed by atoms with van der Waals surface area (Å²) >= 11 is 0. The lowest BCUT2D eigenvalue weighted by Gasteiger charge is -2.30. The monoisotopic (exact) mass is 241 g/mol. The van der Waals surface area contributed by atoms with Gasteiger partial charge in [-0.1, -0.05) is 18.2 Å². The highest BCUT2D eigenvalue weighted by Gasteiger charge is 2.28. The first-order valence-electron chi connectivity index (χ1n) is 5.43. The maximum atomic E-state index is 12.2. The summed E-state index contributed by atoms with van der Waals surface area (Å²) in [6, 6.07) is 7.12. The Balaban J connectivity index is 2.12. The normalized spacial score (nSPS) is 17.2. The van der Waals surface area contributed by atoms with Crippen LogP contribution in [0.25, 0.3) is 0 Å². The standard InChI is InChI=1S/C12H13F2NO2/c13-11(14)10(16)7-15-6-5-8-3-1-2-4-9(8)12(15)17/h1-4,10-11,16H,5-7H2. The summed E-state index contributed by atoms with van der Waals surface area (Å²) < 4.78 is 24.4. The predicted molar refractivity (Wildman–Crippen MR) is 58.1 cm³/mol. The zero-order valence-electron chi connectivity index (χ0n) is 9.14. The van der Waals surface area contributed by atoms with E-state index in [4.69, 9.17) is 5.11 Å². The van der Waals surface area contributed by atoms with Gasteiger partial charge in [0, 0.05) is 12.1 Å². The number of hydrogen-bond donors (Lipinski definition) is 1. The van der Waals surface area contributed by atoms with E-state index in [0.29, 0.717) is 18.5 Å². The van der Waals surface area contributed by atoms with Crippen molar-refractivity contribution in [3.05, 3.63) is 35.4 Å². The van der Waals surface area contributed by atoms with E-state index in [2.05, 4.69) is 0 Å². The van der Waals surface area contributed by atoms with Gasteiger partial charge in [-0.15, -0.1) is 0 Å². The Hall–Kier alpha value is -1.49. The second-order valence-electron chi connectivity index (χ2n) is 4.06. The van der Waals surface area contributed by atoms with Crippen LogP contribution in [0.5, 0.6) is 0 Å². The molecular weight excluding hydrogens is 228 g/mol. The Bertz CT molecular complexity index is 423. The second kappa shape index (κ2) is 4.79. The van der Waals surface area contributed by atoms with Crippen LogP contribution in [-0.2, 0) is 6.42 Å². The van der Waals surface area contributed by atoms with Gasteiger partial charge in [0.2, 0.25) is 0 Å². The summed E-state index contributed by atoms with van der Waals surface area (Å²) in [6.07, 6.45) is -3.96. The summed E-state index contributed by atoms with van der Waals surface area (Å²) in [5, 5.41) is 9.10. The van der Waals surface area contributed by atoms with Gasteiger partial charge in [0.25, 0.3) is 12.3 Å². The molecule has 0 bridgehead atoms. The van der Waals surface area contributed by atoms with Crippen molar-refractivity contribution in [2.24, 2.45) is 0 Å². The molecule has 1 atom stereocenters. The summed E-state index contributed by atoms with van der Waals surface area (Å²) in [5.41, 5.74) is 1.47. The van der Waals surface area contributed by atoms with Gasteiger partial charge in [0.15, 0.2) is 0 Å². The fraction of sp³-hybridized carbons (Fsp3) is 0.417. The van der Waals surface area contributed by atoms with Crippen LogP contribution in [0.4, 0.5) is 8.78 Å². The van der Waals surface area contributed by atoms with Gasteiger partial charge in [-0.05, 0) is 18.1 Å². The van der Waals surface area contributed by atoms with E-state index < -0.39 is 12.5 Å². The molecule has 17 heavy (non-hydrogen) atoms. The van der Waals surface area contributed by atoms with E-state index in [-0.39, 0.29) is 12.5 Å². The number of alkyl halides is 2. The van der Waals surface area contributed by atoms with Crippen molar-refractivity contribution >= 4 is 5.91 Å². The zero-order chi connectivity index (χ0) is 12.4. The topological polar surface area (TPSA) is 40.5 Å². The van der Waals surface area contributed by atoms with Gasteiger partial charge < -0.3 is 10.0 Å². The van der Waals surface area contributed by atoms with E-state index in [1.807, 2.05) is 12.1 Å². The van der Waals surface area contributed by atoms with Gasteiger partial charge in [-0.3, -0.25) is 4.79 Å². The highest BCUT2D eigenvalue weighted by atomic mass is 19.3. The van der Waals surface area contributed by atoms with Crippen molar-refractivity contribution in [3.63, 3.8) is 0 Å². The molecule has 0 saturated heterocycles. The molecule has 1 aliphatic rings. The molecule has 1 aromatic rings.